The summed E-state index contributed by atoms with van der Waals surface area (Å²) < 4.78 is 0. The Labute approximate surface area is 160 Å². The van der Waals surface area contributed by atoms with Gasteiger partial charge in [-0.3, -0.25) is 24.6 Å². The fourth-order valence-corrected chi connectivity index (χ4v) is 4.51. The van der Waals surface area contributed by atoms with Gasteiger partial charge in [-0.15, -0.1) is 0 Å². The lowest BCUT2D eigenvalue weighted by Crippen LogP contribution is -2.43. The number of imide groups is 1. The maximum atomic E-state index is 12.7. The minimum absolute atomic E-state index is 0.0671. The fourth-order valence-electron chi connectivity index (χ4n) is 4.51. The molecule has 1 aliphatic heterocycles. The number of amides is 4. The molecular formula is C19H20N4O5. The topological polar surface area (TPSA) is 122 Å². The van der Waals surface area contributed by atoms with Crippen LogP contribution < -0.4 is 10.6 Å². The lowest BCUT2D eigenvalue weighted by molar-refractivity contribution is -0.384. The van der Waals surface area contributed by atoms with E-state index < -0.39 is 11.0 Å². The number of rotatable bonds is 4. The smallest absolute Gasteiger partial charge is 0.320 e. The molecule has 146 valence electrons. The van der Waals surface area contributed by atoms with Crippen LogP contribution in [0.1, 0.15) is 18.4 Å². The zero-order valence-electron chi connectivity index (χ0n) is 15.3. The maximum Gasteiger partial charge on any atom is 0.320 e. The predicted molar refractivity (Wildman–Crippen MR) is 99.0 cm³/mol. The first-order valence-corrected chi connectivity index (χ1v) is 9.20. The van der Waals surface area contributed by atoms with E-state index in [0.717, 1.165) is 17.7 Å². The van der Waals surface area contributed by atoms with Crippen molar-refractivity contribution in [3.8, 4) is 0 Å². The molecule has 4 amide bonds. The lowest BCUT2D eigenvalue weighted by atomic mass is 9.63. The maximum absolute atomic E-state index is 12.7. The highest BCUT2D eigenvalue weighted by molar-refractivity contribution is 6.06. The van der Waals surface area contributed by atoms with Gasteiger partial charge in [0.1, 0.15) is 6.67 Å². The number of fused-ring (bicyclic) bond motifs is 1. The number of urea groups is 1. The van der Waals surface area contributed by atoms with Crippen LogP contribution in [-0.4, -0.2) is 34.3 Å². The minimum Gasteiger partial charge on any atom is -0.320 e. The quantitative estimate of drug-likeness (QED) is 0.357. The van der Waals surface area contributed by atoms with Gasteiger partial charge in [-0.1, -0.05) is 12.2 Å². The molecule has 0 aromatic heterocycles. The van der Waals surface area contributed by atoms with Gasteiger partial charge in [-0.05, 0) is 43.2 Å². The third kappa shape index (κ3) is 2.92. The van der Waals surface area contributed by atoms with Crippen LogP contribution in [-0.2, 0) is 9.59 Å². The van der Waals surface area contributed by atoms with Crippen molar-refractivity contribution < 1.29 is 19.3 Å². The highest BCUT2D eigenvalue weighted by Crippen LogP contribution is 2.49. The van der Waals surface area contributed by atoms with Gasteiger partial charge in [0.25, 0.3) is 5.69 Å². The van der Waals surface area contributed by atoms with Gasteiger partial charge in [-0.2, -0.15) is 0 Å². The van der Waals surface area contributed by atoms with Gasteiger partial charge < -0.3 is 10.6 Å². The monoisotopic (exact) mass is 384 g/mol. The summed E-state index contributed by atoms with van der Waals surface area (Å²) in [6.07, 6.45) is 5.92. The Morgan fingerprint density at radius 3 is 2.29 bits per heavy atom. The molecule has 1 aromatic rings. The second-order valence-corrected chi connectivity index (χ2v) is 7.49. The van der Waals surface area contributed by atoms with Gasteiger partial charge >= 0.3 is 6.03 Å². The summed E-state index contributed by atoms with van der Waals surface area (Å²) in [7, 11) is 0. The molecule has 1 saturated carbocycles. The highest BCUT2D eigenvalue weighted by atomic mass is 16.6. The van der Waals surface area contributed by atoms with Crippen molar-refractivity contribution in [3.05, 3.63) is 46.0 Å². The number of hydrogen-bond acceptors (Lipinski definition) is 5. The first-order valence-electron chi connectivity index (χ1n) is 9.20. The summed E-state index contributed by atoms with van der Waals surface area (Å²) in [6, 6.07) is 3.51. The van der Waals surface area contributed by atoms with Crippen molar-refractivity contribution in [2.45, 2.75) is 19.8 Å². The van der Waals surface area contributed by atoms with E-state index >= 15 is 0 Å². The number of nitrogens with one attached hydrogen (secondary N) is 2. The molecule has 9 nitrogen and oxygen atoms in total. The molecule has 0 unspecified atom stereocenters. The SMILES string of the molecule is Cc1cc([N+](=O)[O-])ccc1NC(=O)NCN1C(=O)[C@@H]2[C@@H](C1=O)[C@H]1C=C[C@H]2CC1. The summed E-state index contributed by atoms with van der Waals surface area (Å²) in [6.45, 7) is 1.45. The molecule has 1 heterocycles. The number of likely N-dealkylation sites (tertiary alicyclic amines) is 1. The molecule has 2 N–H and O–H groups in total. The normalized spacial score (nSPS) is 27.7. The number of anilines is 1. The number of allylic oxidation sites excluding steroid dienone is 2. The molecule has 0 spiro atoms. The van der Waals surface area contributed by atoms with Crippen molar-refractivity contribution in [2.24, 2.45) is 23.7 Å². The molecule has 28 heavy (non-hydrogen) atoms. The number of nitro groups is 1. The number of benzene rings is 1. The van der Waals surface area contributed by atoms with Gasteiger partial charge in [-0.25, -0.2) is 4.79 Å². The minimum atomic E-state index is -0.589. The molecule has 2 bridgehead atoms. The lowest BCUT2D eigenvalue weighted by Gasteiger charge is -2.38. The first-order chi connectivity index (χ1) is 13.4. The van der Waals surface area contributed by atoms with E-state index in [0.29, 0.717) is 11.3 Å². The number of hydrogen-bond donors (Lipinski definition) is 2. The van der Waals surface area contributed by atoms with E-state index in [4.69, 9.17) is 0 Å². The largest absolute Gasteiger partial charge is 0.320 e. The number of nitrogens with zero attached hydrogens (tertiary/aromatic N) is 2. The number of aryl methyl sites for hydroxylation is 1. The molecule has 4 aliphatic rings. The molecule has 1 saturated heterocycles. The van der Waals surface area contributed by atoms with E-state index in [2.05, 4.69) is 10.6 Å². The van der Waals surface area contributed by atoms with Gasteiger partial charge in [0.05, 0.1) is 16.8 Å². The molecule has 4 atom stereocenters. The molecule has 1 aromatic carbocycles. The van der Waals surface area contributed by atoms with Crippen LogP contribution in [0.2, 0.25) is 0 Å². The van der Waals surface area contributed by atoms with E-state index in [1.807, 2.05) is 12.2 Å². The van der Waals surface area contributed by atoms with Crippen molar-refractivity contribution in [2.75, 3.05) is 12.0 Å². The number of non-ortho nitro benzene ring substituents is 1. The van der Waals surface area contributed by atoms with Crippen molar-refractivity contribution in [3.63, 3.8) is 0 Å². The standard InChI is InChI=1S/C19H20N4O5/c1-10-8-13(23(27)28)6-7-14(10)21-19(26)20-9-22-17(24)15-11-2-3-12(5-4-11)16(15)18(22)25/h2-3,6-8,11-12,15-16H,4-5,9H2,1H3,(H2,20,21,26)/t11-,12-,15-,16-/m0/s1. The number of carbonyl (C=O) groups is 3. The second-order valence-electron chi connectivity index (χ2n) is 7.49. The Balaban J connectivity index is 1.38. The van der Waals surface area contributed by atoms with E-state index in [-0.39, 0.29) is 47.8 Å². The Morgan fingerprint density at radius 1 is 1.18 bits per heavy atom. The Kier molecular flexibility index (Phi) is 4.37. The highest BCUT2D eigenvalue weighted by Gasteiger charge is 2.56. The van der Waals surface area contributed by atoms with Crippen molar-refractivity contribution in [1.82, 2.24) is 10.2 Å². The summed E-state index contributed by atoms with van der Waals surface area (Å²) in [5.41, 5.74) is 0.881. The molecular weight excluding hydrogens is 364 g/mol. The van der Waals surface area contributed by atoms with Gasteiger partial charge in [0, 0.05) is 17.8 Å². The third-order valence-electron chi connectivity index (χ3n) is 5.92. The zero-order chi connectivity index (χ0) is 20.0. The number of nitro benzene ring substituents is 1. The van der Waals surface area contributed by atoms with Crippen LogP contribution in [0.4, 0.5) is 16.2 Å². The van der Waals surface area contributed by atoms with Crippen LogP contribution >= 0.6 is 0 Å². The molecule has 0 radical (unpaired) electrons. The van der Waals surface area contributed by atoms with Gasteiger partial charge in [0.2, 0.25) is 11.8 Å². The average Bonchev–Trinajstić information content (AvgIpc) is 2.95. The summed E-state index contributed by atoms with van der Waals surface area (Å²) in [5.74, 6) is -0.848. The van der Waals surface area contributed by atoms with Crippen LogP contribution in [0.5, 0.6) is 0 Å². The van der Waals surface area contributed by atoms with E-state index in [1.54, 1.807) is 6.92 Å². The predicted octanol–water partition coefficient (Wildman–Crippen LogP) is 2.18. The third-order valence-corrected chi connectivity index (χ3v) is 5.92. The first kappa shape index (κ1) is 18.1. The fraction of sp³-hybridized carbons (Fsp3) is 0.421. The molecule has 2 fully saturated rings. The molecule has 3 aliphatic carbocycles. The number of carbonyl (C=O) groups excluding carboxylic acids is 3. The summed E-state index contributed by atoms with van der Waals surface area (Å²) >= 11 is 0. The van der Waals surface area contributed by atoms with Crippen LogP contribution in [0, 0.1) is 40.7 Å². The van der Waals surface area contributed by atoms with Gasteiger partial charge in [0.15, 0.2) is 0 Å². The zero-order valence-corrected chi connectivity index (χ0v) is 15.3. The Bertz CT molecular complexity index is 880. The van der Waals surface area contributed by atoms with E-state index in [9.17, 15) is 24.5 Å². The Morgan fingerprint density at radius 2 is 1.79 bits per heavy atom. The molecule has 9 heteroatoms. The van der Waals surface area contributed by atoms with Crippen LogP contribution in [0.25, 0.3) is 0 Å². The van der Waals surface area contributed by atoms with Crippen LogP contribution in [0.3, 0.4) is 0 Å². The summed E-state index contributed by atoms with van der Waals surface area (Å²) in [5, 5.41) is 15.9. The molecule has 5 rings (SSSR count). The average molecular weight is 384 g/mol. The second kappa shape index (κ2) is 6.74. The van der Waals surface area contributed by atoms with Crippen LogP contribution in [0.15, 0.2) is 30.4 Å². The van der Waals surface area contributed by atoms with Crippen molar-refractivity contribution in [1.29, 1.82) is 0 Å². The summed E-state index contributed by atoms with van der Waals surface area (Å²) in [4.78, 5) is 49.0. The van der Waals surface area contributed by atoms with E-state index in [1.165, 1.54) is 18.2 Å². The Hall–Kier alpha value is -3.23. The van der Waals surface area contributed by atoms with Crippen molar-refractivity contribution >= 4 is 29.2 Å².